The molecule has 1 unspecified atom stereocenters. The van der Waals surface area contributed by atoms with Crippen molar-refractivity contribution in [2.24, 2.45) is 0 Å². The highest BCUT2D eigenvalue weighted by molar-refractivity contribution is 7.89. The Bertz CT molecular complexity index is 1040. The van der Waals surface area contributed by atoms with Crippen molar-refractivity contribution in [2.45, 2.75) is 17.0 Å². The van der Waals surface area contributed by atoms with Crippen LogP contribution in [0.4, 0.5) is 0 Å². The second-order valence-corrected chi connectivity index (χ2v) is 8.82. The molecule has 3 aromatic rings. The van der Waals surface area contributed by atoms with Gasteiger partial charge in [0.1, 0.15) is 6.04 Å². The number of hydrogen-bond donors (Lipinski definition) is 3. The zero-order chi connectivity index (χ0) is 21.6. The minimum absolute atomic E-state index is 0.0127. The van der Waals surface area contributed by atoms with Crippen LogP contribution in [0.5, 0.6) is 0 Å². The number of carboxylic acids is 1. The number of sulfonamides is 1. The zero-order valence-corrected chi connectivity index (χ0v) is 17.5. The van der Waals surface area contributed by atoms with E-state index in [1.807, 2.05) is 60.7 Å². The number of halogens is 1. The van der Waals surface area contributed by atoms with Gasteiger partial charge < -0.3 is 5.11 Å². The topological polar surface area (TPSA) is 95.5 Å². The van der Waals surface area contributed by atoms with E-state index in [4.69, 9.17) is 11.6 Å². The molecule has 0 saturated heterocycles. The minimum Gasteiger partial charge on any atom is -0.480 e. The molecule has 0 aliphatic heterocycles. The summed E-state index contributed by atoms with van der Waals surface area (Å²) >= 11 is 5.80. The van der Waals surface area contributed by atoms with E-state index in [-0.39, 0.29) is 11.4 Å². The van der Waals surface area contributed by atoms with Crippen molar-refractivity contribution < 1.29 is 18.3 Å². The molecule has 3 aromatic carbocycles. The predicted octanol–water partition coefficient (Wildman–Crippen LogP) is 3.45. The lowest BCUT2D eigenvalue weighted by molar-refractivity contribution is -0.139. The summed E-state index contributed by atoms with van der Waals surface area (Å²) in [5.74, 6) is -1.16. The number of benzene rings is 3. The Morgan fingerprint density at radius 2 is 1.37 bits per heavy atom. The van der Waals surface area contributed by atoms with Gasteiger partial charge in [-0.25, -0.2) is 13.1 Å². The van der Waals surface area contributed by atoms with Crippen LogP contribution in [0, 0.1) is 0 Å². The maximum atomic E-state index is 12.5. The van der Waals surface area contributed by atoms with Crippen molar-refractivity contribution in [3.05, 3.63) is 101 Å². The fourth-order valence-corrected chi connectivity index (χ4v) is 4.16. The second kappa shape index (κ2) is 9.86. The van der Waals surface area contributed by atoms with Crippen LogP contribution in [0.1, 0.15) is 17.2 Å². The lowest BCUT2D eigenvalue weighted by atomic mass is 9.98. The van der Waals surface area contributed by atoms with Crippen molar-refractivity contribution in [3.8, 4) is 0 Å². The molecule has 0 aliphatic carbocycles. The van der Waals surface area contributed by atoms with Gasteiger partial charge in [0.25, 0.3) is 0 Å². The van der Waals surface area contributed by atoms with Gasteiger partial charge in [0.15, 0.2) is 0 Å². The van der Waals surface area contributed by atoms with Crippen molar-refractivity contribution in [1.82, 2.24) is 10.0 Å². The standard InChI is InChI=1S/C22H21ClN2O4S/c23-18-11-13-19(14-12-18)30(28,29)24-15-20(22(26)27)25-21(16-7-3-1-4-8-16)17-9-5-2-6-10-17/h1-14,20-21,24-25H,15H2,(H,26,27). The first-order valence-corrected chi connectivity index (χ1v) is 11.1. The van der Waals surface area contributed by atoms with Gasteiger partial charge in [-0.05, 0) is 35.4 Å². The van der Waals surface area contributed by atoms with Crippen molar-refractivity contribution in [3.63, 3.8) is 0 Å². The third-order valence-corrected chi connectivity index (χ3v) is 6.22. The van der Waals surface area contributed by atoms with Gasteiger partial charge in [0.2, 0.25) is 10.0 Å². The van der Waals surface area contributed by atoms with E-state index in [1.54, 1.807) is 0 Å². The smallest absolute Gasteiger partial charge is 0.322 e. The second-order valence-electron chi connectivity index (χ2n) is 6.62. The van der Waals surface area contributed by atoms with Crippen LogP contribution >= 0.6 is 11.6 Å². The molecule has 0 fully saturated rings. The van der Waals surface area contributed by atoms with Gasteiger partial charge in [-0.3, -0.25) is 10.1 Å². The summed E-state index contributed by atoms with van der Waals surface area (Å²) in [5.41, 5.74) is 1.74. The van der Waals surface area contributed by atoms with Gasteiger partial charge in [-0.2, -0.15) is 0 Å². The molecule has 8 heteroatoms. The van der Waals surface area contributed by atoms with E-state index in [1.165, 1.54) is 24.3 Å². The molecular weight excluding hydrogens is 424 g/mol. The van der Waals surface area contributed by atoms with Crippen LogP contribution < -0.4 is 10.0 Å². The first-order chi connectivity index (χ1) is 14.4. The highest BCUT2D eigenvalue weighted by Gasteiger charge is 2.26. The molecule has 0 heterocycles. The lowest BCUT2D eigenvalue weighted by Crippen LogP contribution is -2.47. The molecule has 1 atom stereocenters. The number of carbonyl (C=O) groups is 1. The molecule has 0 spiro atoms. The summed E-state index contributed by atoms with van der Waals surface area (Å²) in [6.07, 6.45) is 0. The zero-order valence-electron chi connectivity index (χ0n) is 15.9. The molecule has 156 valence electrons. The van der Waals surface area contributed by atoms with Crippen LogP contribution in [0.2, 0.25) is 5.02 Å². The Morgan fingerprint density at radius 3 is 1.83 bits per heavy atom. The molecule has 0 saturated carbocycles. The molecule has 0 aromatic heterocycles. The monoisotopic (exact) mass is 444 g/mol. The van der Waals surface area contributed by atoms with Gasteiger partial charge in [0, 0.05) is 11.6 Å². The summed E-state index contributed by atoms with van der Waals surface area (Å²) in [4.78, 5) is 11.9. The van der Waals surface area contributed by atoms with Crippen LogP contribution in [0.15, 0.2) is 89.8 Å². The minimum atomic E-state index is -3.88. The Labute approximate surface area is 180 Å². The molecular formula is C22H21ClN2O4S. The normalized spacial score (nSPS) is 12.6. The van der Waals surface area contributed by atoms with Crippen LogP contribution in [-0.2, 0) is 14.8 Å². The van der Waals surface area contributed by atoms with Gasteiger partial charge in [-0.15, -0.1) is 0 Å². The highest BCUT2D eigenvalue weighted by atomic mass is 35.5. The lowest BCUT2D eigenvalue weighted by Gasteiger charge is -2.24. The quantitative estimate of drug-likeness (QED) is 0.470. The highest BCUT2D eigenvalue weighted by Crippen LogP contribution is 2.22. The summed E-state index contributed by atoms with van der Waals surface area (Å²) in [7, 11) is -3.88. The Hall–Kier alpha value is -2.71. The first kappa shape index (κ1) is 22.0. The van der Waals surface area contributed by atoms with Gasteiger partial charge >= 0.3 is 5.97 Å². The third kappa shape index (κ3) is 5.67. The van der Waals surface area contributed by atoms with Crippen LogP contribution in [0.3, 0.4) is 0 Å². The Morgan fingerprint density at radius 1 is 0.867 bits per heavy atom. The molecule has 3 rings (SSSR count). The maximum absolute atomic E-state index is 12.5. The van der Waals surface area contributed by atoms with E-state index in [2.05, 4.69) is 10.0 Å². The molecule has 30 heavy (non-hydrogen) atoms. The molecule has 6 nitrogen and oxygen atoms in total. The van der Waals surface area contributed by atoms with Crippen LogP contribution in [0.25, 0.3) is 0 Å². The largest absolute Gasteiger partial charge is 0.480 e. The Kier molecular flexibility index (Phi) is 7.23. The first-order valence-electron chi connectivity index (χ1n) is 9.21. The number of aliphatic carboxylic acids is 1. The van der Waals surface area contributed by atoms with Crippen molar-refractivity contribution in [1.29, 1.82) is 0 Å². The molecule has 0 bridgehead atoms. The summed E-state index contributed by atoms with van der Waals surface area (Å²) in [6.45, 7) is -0.323. The molecule has 3 N–H and O–H groups in total. The SMILES string of the molecule is O=C(O)C(CNS(=O)(=O)c1ccc(Cl)cc1)NC(c1ccccc1)c1ccccc1. The molecule has 0 aliphatic rings. The van der Waals surface area contributed by atoms with E-state index in [9.17, 15) is 18.3 Å². The summed E-state index contributed by atoms with van der Waals surface area (Å²) in [6, 6.07) is 22.9. The third-order valence-electron chi connectivity index (χ3n) is 4.53. The molecule has 0 radical (unpaired) electrons. The van der Waals surface area contributed by atoms with E-state index in [0.29, 0.717) is 5.02 Å². The number of carboxylic acid groups (broad SMARTS) is 1. The molecule has 0 amide bonds. The number of nitrogens with one attached hydrogen (secondary N) is 2. The fraction of sp³-hybridized carbons (Fsp3) is 0.136. The van der Waals surface area contributed by atoms with E-state index >= 15 is 0 Å². The fourth-order valence-electron chi connectivity index (χ4n) is 2.98. The predicted molar refractivity (Wildman–Crippen MR) is 116 cm³/mol. The number of rotatable bonds is 9. The number of hydrogen-bond acceptors (Lipinski definition) is 4. The van der Waals surface area contributed by atoms with Crippen LogP contribution in [-0.4, -0.2) is 32.1 Å². The summed E-state index contributed by atoms with van der Waals surface area (Å²) in [5, 5.41) is 13.2. The van der Waals surface area contributed by atoms with Gasteiger partial charge in [-0.1, -0.05) is 72.3 Å². The van der Waals surface area contributed by atoms with Crippen molar-refractivity contribution in [2.75, 3.05) is 6.54 Å². The maximum Gasteiger partial charge on any atom is 0.322 e. The van der Waals surface area contributed by atoms with E-state index < -0.39 is 28.1 Å². The van der Waals surface area contributed by atoms with Gasteiger partial charge in [0.05, 0.1) is 10.9 Å². The van der Waals surface area contributed by atoms with Crippen molar-refractivity contribution >= 4 is 27.6 Å². The summed E-state index contributed by atoms with van der Waals surface area (Å²) < 4.78 is 27.4. The van der Waals surface area contributed by atoms with E-state index in [0.717, 1.165) is 11.1 Å². The average Bonchev–Trinajstić information content (AvgIpc) is 2.75. The Balaban J connectivity index is 1.81. The average molecular weight is 445 g/mol.